The Hall–Kier alpha value is 1.22. The number of halogens is 6. The number of hydrogen-bond acceptors (Lipinski definition) is 0. The third kappa shape index (κ3) is 3.26. The Morgan fingerprint density at radius 1 is 1.00 bits per heavy atom. The van der Waals surface area contributed by atoms with Crippen molar-refractivity contribution in [2.24, 2.45) is 0 Å². The highest BCUT2D eigenvalue weighted by atomic mass is 35.5. The molecule has 2 rings (SSSR count). The minimum atomic E-state index is -1.59. The Morgan fingerprint density at radius 2 is 1.70 bits per heavy atom. The van der Waals surface area contributed by atoms with Crippen LogP contribution in [0.5, 0.6) is 0 Å². The maximum absolute atomic E-state index is 6.46. The first-order chi connectivity index (χ1) is 9.28. The molecule has 0 aliphatic heterocycles. The molecular formula is C14H16Cl6. The summed E-state index contributed by atoms with van der Waals surface area (Å²) in [7, 11) is 0. The van der Waals surface area contributed by atoms with E-state index >= 15 is 0 Å². The maximum atomic E-state index is 6.46. The summed E-state index contributed by atoms with van der Waals surface area (Å²) in [5.74, 6) is 0. The van der Waals surface area contributed by atoms with Crippen LogP contribution in [-0.4, -0.2) is 14.0 Å². The molecule has 0 N–H and O–H groups in total. The highest BCUT2D eigenvalue weighted by Gasteiger charge is 2.56. The van der Waals surface area contributed by atoms with E-state index in [-0.39, 0.29) is 0 Å². The van der Waals surface area contributed by atoms with Crippen LogP contribution in [0.2, 0.25) is 0 Å². The summed E-state index contributed by atoms with van der Waals surface area (Å²) < 4.78 is -3.11. The minimum Gasteiger partial charge on any atom is -0.120 e. The van der Waals surface area contributed by atoms with Crippen LogP contribution in [0.3, 0.4) is 0 Å². The van der Waals surface area contributed by atoms with Gasteiger partial charge in [-0.05, 0) is 49.7 Å². The number of allylic oxidation sites excluding steroid dienone is 4. The molecule has 0 spiro atoms. The van der Waals surface area contributed by atoms with Crippen LogP contribution in [-0.2, 0) is 0 Å². The van der Waals surface area contributed by atoms with Gasteiger partial charge in [-0.2, -0.15) is 0 Å². The molecule has 0 heterocycles. The topological polar surface area (TPSA) is 0 Å². The van der Waals surface area contributed by atoms with Crippen LogP contribution in [0.15, 0.2) is 22.3 Å². The zero-order valence-electron chi connectivity index (χ0n) is 10.9. The third-order valence-corrected chi connectivity index (χ3v) is 7.86. The molecule has 0 aromatic carbocycles. The van der Waals surface area contributed by atoms with Crippen LogP contribution in [0, 0.1) is 0 Å². The van der Waals surface area contributed by atoms with Crippen molar-refractivity contribution in [3.8, 4) is 0 Å². The summed E-state index contributed by atoms with van der Waals surface area (Å²) >= 11 is 38.0. The van der Waals surface area contributed by atoms with Crippen molar-refractivity contribution in [2.45, 2.75) is 59.0 Å². The molecule has 1 atom stereocenters. The molecule has 20 heavy (non-hydrogen) atoms. The fourth-order valence-electron chi connectivity index (χ4n) is 2.69. The predicted molar refractivity (Wildman–Crippen MR) is 91.8 cm³/mol. The summed E-state index contributed by atoms with van der Waals surface area (Å²) in [6, 6.07) is 0. The Labute approximate surface area is 150 Å². The second-order valence-corrected chi connectivity index (χ2v) is 8.94. The van der Waals surface area contributed by atoms with Gasteiger partial charge in [0.15, 0.2) is 8.67 Å². The quantitative estimate of drug-likeness (QED) is 0.414. The number of hydrogen-bond donors (Lipinski definition) is 0. The van der Waals surface area contributed by atoms with Crippen LogP contribution < -0.4 is 0 Å². The number of rotatable bonds is 1. The van der Waals surface area contributed by atoms with Gasteiger partial charge in [0, 0.05) is 0 Å². The van der Waals surface area contributed by atoms with Crippen LogP contribution in [0.4, 0.5) is 0 Å². The SMILES string of the molecule is ClC1=C(C2=CCCCCC2)CCC(Cl)C(Cl)(Cl)C1(Cl)Cl. The monoisotopic (exact) mass is 394 g/mol. The first-order valence-electron chi connectivity index (χ1n) is 6.76. The Balaban J connectivity index is 2.44. The standard InChI is InChI=1S/C14H16Cl6/c15-11-8-7-10(9-5-3-1-2-4-6-9)12(16)14(19,20)13(11,17)18/h5,11H,1-4,6-8H2. The predicted octanol–water partition coefficient (Wildman–Crippen LogP) is 7.12. The zero-order chi connectivity index (χ0) is 15.0. The van der Waals surface area contributed by atoms with E-state index in [1.807, 2.05) is 0 Å². The van der Waals surface area contributed by atoms with Gasteiger partial charge in [-0.25, -0.2) is 0 Å². The molecular weight excluding hydrogens is 381 g/mol. The average Bonchev–Trinajstić information content (AvgIpc) is 2.68. The molecule has 0 bridgehead atoms. The molecule has 1 unspecified atom stereocenters. The summed E-state index contributed by atoms with van der Waals surface area (Å²) in [5, 5.41) is -0.236. The van der Waals surface area contributed by atoms with Crippen LogP contribution in [0.25, 0.3) is 0 Å². The van der Waals surface area contributed by atoms with E-state index in [4.69, 9.17) is 69.6 Å². The first kappa shape index (κ1) is 17.6. The minimum absolute atomic E-state index is 0.321. The second-order valence-electron chi connectivity index (χ2n) is 5.32. The van der Waals surface area contributed by atoms with Gasteiger partial charge in [0.2, 0.25) is 0 Å². The lowest BCUT2D eigenvalue weighted by atomic mass is 9.97. The van der Waals surface area contributed by atoms with E-state index < -0.39 is 14.0 Å². The molecule has 0 nitrogen and oxygen atoms in total. The van der Waals surface area contributed by atoms with Gasteiger partial charge in [-0.3, -0.25) is 0 Å². The molecule has 0 fully saturated rings. The van der Waals surface area contributed by atoms with Crippen molar-refractivity contribution < 1.29 is 0 Å². The fourth-order valence-corrected chi connectivity index (χ4v) is 4.43. The van der Waals surface area contributed by atoms with Crippen LogP contribution in [0.1, 0.15) is 44.9 Å². The van der Waals surface area contributed by atoms with Crippen molar-refractivity contribution in [2.75, 3.05) is 0 Å². The summed E-state index contributed by atoms with van der Waals surface area (Å²) in [6.07, 6.45) is 9.14. The van der Waals surface area contributed by atoms with Gasteiger partial charge in [-0.15, -0.1) is 11.6 Å². The molecule has 0 saturated heterocycles. The summed E-state index contributed by atoms with van der Waals surface area (Å²) in [6.45, 7) is 0. The molecule has 0 amide bonds. The highest BCUT2D eigenvalue weighted by molar-refractivity contribution is 6.68. The van der Waals surface area contributed by atoms with Crippen molar-refractivity contribution >= 4 is 69.6 Å². The fraction of sp³-hybridized carbons (Fsp3) is 0.714. The van der Waals surface area contributed by atoms with Gasteiger partial charge in [0.1, 0.15) is 0 Å². The van der Waals surface area contributed by atoms with Gasteiger partial charge in [0.25, 0.3) is 0 Å². The molecule has 0 aromatic rings. The summed E-state index contributed by atoms with van der Waals surface area (Å²) in [5.41, 5.74) is 2.18. The Morgan fingerprint density at radius 3 is 2.40 bits per heavy atom. The molecule has 6 heteroatoms. The smallest absolute Gasteiger partial charge is 0.120 e. The van der Waals surface area contributed by atoms with Gasteiger partial charge < -0.3 is 0 Å². The lowest BCUT2D eigenvalue weighted by Crippen LogP contribution is -2.43. The Bertz CT molecular complexity index is 435. The maximum Gasteiger partial charge on any atom is 0.187 e. The van der Waals surface area contributed by atoms with E-state index in [0.717, 1.165) is 24.8 Å². The number of alkyl halides is 5. The Kier molecular flexibility index (Phi) is 5.95. The highest BCUT2D eigenvalue weighted by Crippen LogP contribution is 2.57. The largest absolute Gasteiger partial charge is 0.187 e. The molecule has 2 aliphatic carbocycles. The third-order valence-electron chi connectivity index (χ3n) is 3.93. The second kappa shape index (κ2) is 6.77. The van der Waals surface area contributed by atoms with E-state index in [1.165, 1.54) is 18.4 Å². The summed E-state index contributed by atoms with van der Waals surface area (Å²) in [4.78, 5) is 0. The average molecular weight is 397 g/mol. The normalized spacial score (nSPS) is 30.5. The van der Waals surface area contributed by atoms with Gasteiger partial charge >= 0.3 is 0 Å². The van der Waals surface area contributed by atoms with E-state index in [2.05, 4.69) is 6.08 Å². The van der Waals surface area contributed by atoms with Crippen molar-refractivity contribution in [3.63, 3.8) is 0 Å². The van der Waals surface area contributed by atoms with Crippen molar-refractivity contribution in [1.29, 1.82) is 0 Å². The molecule has 0 saturated carbocycles. The van der Waals surface area contributed by atoms with Gasteiger partial charge in [0.05, 0.1) is 10.4 Å². The van der Waals surface area contributed by atoms with E-state index in [1.54, 1.807) is 0 Å². The molecule has 114 valence electrons. The molecule has 0 aromatic heterocycles. The molecule has 0 radical (unpaired) electrons. The van der Waals surface area contributed by atoms with Gasteiger partial charge in [-0.1, -0.05) is 70.5 Å². The van der Waals surface area contributed by atoms with Crippen LogP contribution >= 0.6 is 69.6 Å². The first-order valence-corrected chi connectivity index (χ1v) is 9.09. The molecule has 2 aliphatic rings. The van der Waals surface area contributed by atoms with E-state index in [0.29, 0.717) is 17.9 Å². The van der Waals surface area contributed by atoms with E-state index in [9.17, 15) is 0 Å². The zero-order valence-corrected chi connectivity index (χ0v) is 15.4. The lowest BCUT2D eigenvalue weighted by molar-refractivity contribution is 0.659. The lowest BCUT2D eigenvalue weighted by Gasteiger charge is -2.34. The van der Waals surface area contributed by atoms with Crippen molar-refractivity contribution in [1.82, 2.24) is 0 Å². The van der Waals surface area contributed by atoms with Crippen molar-refractivity contribution in [3.05, 3.63) is 22.3 Å².